The van der Waals surface area contributed by atoms with E-state index in [0.717, 1.165) is 24.5 Å². The average molecular weight is 253 g/mol. The van der Waals surface area contributed by atoms with Crippen LogP contribution in [0.5, 0.6) is 0 Å². The molecule has 2 aliphatic rings. The van der Waals surface area contributed by atoms with E-state index in [9.17, 15) is 0 Å². The Hall–Kier alpha value is -0.120. The van der Waals surface area contributed by atoms with Crippen LogP contribution in [0.15, 0.2) is 0 Å². The van der Waals surface area contributed by atoms with Gasteiger partial charge in [0.25, 0.3) is 0 Å². The Bertz CT molecular complexity index is 236. The zero-order chi connectivity index (χ0) is 13.0. The summed E-state index contributed by atoms with van der Waals surface area (Å²) in [6, 6.07) is 1.53. The molecule has 0 saturated carbocycles. The maximum Gasteiger partial charge on any atom is 0.00939 e. The summed E-state index contributed by atoms with van der Waals surface area (Å²) in [5.41, 5.74) is 0. The lowest BCUT2D eigenvalue weighted by Gasteiger charge is -2.41. The minimum atomic E-state index is 0.763. The highest BCUT2D eigenvalue weighted by Gasteiger charge is 2.27. The van der Waals surface area contributed by atoms with Gasteiger partial charge in [-0.15, -0.1) is 0 Å². The van der Waals surface area contributed by atoms with Crippen molar-refractivity contribution in [2.24, 2.45) is 5.92 Å². The maximum atomic E-state index is 3.61. The molecule has 3 heteroatoms. The summed E-state index contributed by atoms with van der Waals surface area (Å²) in [7, 11) is 2.25. The van der Waals surface area contributed by atoms with Crippen molar-refractivity contribution in [1.29, 1.82) is 0 Å². The van der Waals surface area contributed by atoms with E-state index in [2.05, 4.69) is 36.0 Å². The minimum absolute atomic E-state index is 0.763. The molecule has 0 amide bonds. The summed E-state index contributed by atoms with van der Waals surface area (Å²) in [6.45, 7) is 11.0. The van der Waals surface area contributed by atoms with Crippen molar-refractivity contribution in [1.82, 2.24) is 15.1 Å². The van der Waals surface area contributed by atoms with Crippen molar-refractivity contribution in [2.75, 3.05) is 39.8 Å². The Kier molecular flexibility index (Phi) is 5.46. The first-order chi connectivity index (χ1) is 8.69. The standard InChI is InChI=1S/C15H31N3/c1-4-16-15-7-10-18(13(2)11-15)12-14-5-8-17(3)9-6-14/h13-16H,4-12H2,1-3H3. The van der Waals surface area contributed by atoms with Crippen molar-refractivity contribution in [3.05, 3.63) is 0 Å². The summed E-state index contributed by atoms with van der Waals surface area (Å²) < 4.78 is 0. The summed E-state index contributed by atoms with van der Waals surface area (Å²) in [4.78, 5) is 5.21. The second-order valence-corrected chi connectivity index (χ2v) is 6.37. The molecule has 0 aromatic carbocycles. The maximum absolute atomic E-state index is 3.61. The molecule has 2 atom stereocenters. The fourth-order valence-corrected chi connectivity index (χ4v) is 3.54. The van der Waals surface area contributed by atoms with Gasteiger partial charge in [0, 0.05) is 18.6 Å². The van der Waals surface area contributed by atoms with Gasteiger partial charge in [-0.1, -0.05) is 6.92 Å². The van der Waals surface area contributed by atoms with Crippen LogP contribution in [0.2, 0.25) is 0 Å². The third kappa shape index (κ3) is 3.94. The highest BCUT2D eigenvalue weighted by atomic mass is 15.2. The van der Waals surface area contributed by atoms with Crippen molar-refractivity contribution in [3.8, 4) is 0 Å². The molecule has 0 spiro atoms. The van der Waals surface area contributed by atoms with Crippen LogP contribution in [-0.2, 0) is 0 Å². The van der Waals surface area contributed by atoms with Crippen molar-refractivity contribution >= 4 is 0 Å². The van der Waals surface area contributed by atoms with Crippen LogP contribution in [0.3, 0.4) is 0 Å². The first-order valence-corrected chi connectivity index (χ1v) is 7.85. The molecule has 1 N–H and O–H groups in total. The second-order valence-electron chi connectivity index (χ2n) is 6.37. The number of piperidine rings is 2. The molecule has 2 unspecified atom stereocenters. The van der Waals surface area contributed by atoms with E-state index in [1.807, 2.05) is 0 Å². The van der Waals surface area contributed by atoms with Gasteiger partial charge in [0.1, 0.15) is 0 Å². The van der Waals surface area contributed by atoms with Crippen molar-refractivity contribution in [3.63, 3.8) is 0 Å². The van der Waals surface area contributed by atoms with E-state index < -0.39 is 0 Å². The van der Waals surface area contributed by atoms with Gasteiger partial charge >= 0.3 is 0 Å². The fraction of sp³-hybridized carbons (Fsp3) is 1.00. The summed E-state index contributed by atoms with van der Waals surface area (Å²) in [6.07, 6.45) is 5.47. The first kappa shape index (κ1) is 14.3. The zero-order valence-electron chi connectivity index (χ0n) is 12.5. The van der Waals surface area contributed by atoms with Crippen LogP contribution in [0.25, 0.3) is 0 Å². The summed E-state index contributed by atoms with van der Waals surface area (Å²) in [5, 5.41) is 3.61. The number of hydrogen-bond donors (Lipinski definition) is 1. The number of hydrogen-bond acceptors (Lipinski definition) is 3. The Labute approximate surface area is 113 Å². The third-order valence-electron chi connectivity index (χ3n) is 4.84. The monoisotopic (exact) mass is 253 g/mol. The van der Waals surface area contributed by atoms with Crippen molar-refractivity contribution < 1.29 is 0 Å². The SMILES string of the molecule is CCNC1CCN(CC2CCN(C)CC2)C(C)C1. The van der Waals surface area contributed by atoms with Gasteiger partial charge in [0.15, 0.2) is 0 Å². The van der Waals surface area contributed by atoms with E-state index in [1.54, 1.807) is 0 Å². The number of rotatable bonds is 4. The molecule has 3 nitrogen and oxygen atoms in total. The fourth-order valence-electron chi connectivity index (χ4n) is 3.54. The second kappa shape index (κ2) is 6.88. The lowest BCUT2D eigenvalue weighted by molar-refractivity contribution is 0.0945. The molecule has 0 aliphatic carbocycles. The first-order valence-electron chi connectivity index (χ1n) is 7.85. The molecule has 0 radical (unpaired) electrons. The zero-order valence-corrected chi connectivity index (χ0v) is 12.5. The smallest absolute Gasteiger partial charge is 0.00939 e. The van der Waals surface area contributed by atoms with E-state index in [0.29, 0.717) is 0 Å². The predicted molar refractivity (Wildman–Crippen MR) is 78.0 cm³/mol. The largest absolute Gasteiger partial charge is 0.314 e. The lowest BCUT2D eigenvalue weighted by atomic mass is 9.92. The van der Waals surface area contributed by atoms with Gasteiger partial charge in [-0.25, -0.2) is 0 Å². The summed E-state index contributed by atoms with van der Waals surface area (Å²) >= 11 is 0. The lowest BCUT2D eigenvalue weighted by Crippen LogP contribution is -2.49. The number of likely N-dealkylation sites (tertiary alicyclic amines) is 2. The van der Waals surface area contributed by atoms with E-state index in [-0.39, 0.29) is 0 Å². The Morgan fingerprint density at radius 3 is 2.44 bits per heavy atom. The highest BCUT2D eigenvalue weighted by Crippen LogP contribution is 2.23. The van der Waals surface area contributed by atoms with E-state index >= 15 is 0 Å². The molecule has 106 valence electrons. The highest BCUT2D eigenvalue weighted by molar-refractivity contribution is 4.84. The molecule has 0 bridgehead atoms. The number of nitrogens with zero attached hydrogens (tertiary/aromatic N) is 2. The van der Waals surface area contributed by atoms with E-state index in [1.165, 1.54) is 51.9 Å². The molecule has 2 saturated heterocycles. The van der Waals surface area contributed by atoms with Crippen LogP contribution in [-0.4, -0.2) is 61.7 Å². The molecule has 0 aromatic heterocycles. The molecule has 18 heavy (non-hydrogen) atoms. The molecule has 2 rings (SSSR count). The minimum Gasteiger partial charge on any atom is -0.314 e. The van der Waals surface area contributed by atoms with Crippen LogP contribution >= 0.6 is 0 Å². The molecule has 0 aromatic rings. The third-order valence-corrected chi connectivity index (χ3v) is 4.84. The van der Waals surface area contributed by atoms with Gasteiger partial charge in [0.05, 0.1) is 0 Å². The Morgan fingerprint density at radius 2 is 1.83 bits per heavy atom. The van der Waals surface area contributed by atoms with Gasteiger partial charge in [-0.05, 0) is 71.8 Å². The normalized spacial score (nSPS) is 32.8. The van der Waals surface area contributed by atoms with Crippen molar-refractivity contribution in [2.45, 2.75) is 51.6 Å². The van der Waals surface area contributed by atoms with Crippen LogP contribution < -0.4 is 5.32 Å². The van der Waals surface area contributed by atoms with E-state index in [4.69, 9.17) is 0 Å². The van der Waals surface area contributed by atoms with Gasteiger partial charge in [-0.2, -0.15) is 0 Å². The van der Waals surface area contributed by atoms with Gasteiger partial charge < -0.3 is 15.1 Å². The molecular weight excluding hydrogens is 222 g/mol. The van der Waals surface area contributed by atoms with Crippen LogP contribution in [0, 0.1) is 5.92 Å². The predicted octanol–water partition coefficient (Wildman–Crippen LogP) is 1.79. The summed E-state index contributed by atoms with van der Waals surface area (Å²) in [5.74, 6) is 0.944. The van der Waals surface area contributed by atoms with Crippen LogP contribution in [0.4, 0.5) is 0 Å². The number of nitrogens with one attached hydrogen (secondary N) is 1. The molecular formula is C15H31N3. The Morgan fingerprint density at radius 1 is 1.11 bits per heavy atom. The van der Waals surface area contributed by atoms with Gasteiger partial charge in [-0.3, -0.25) is 0 Å². The molecule has 2 heterocycles. The quantitative estimate of drug-likeness (QED) is 0.824. The topological polar surface area (TPSA) is 18.5 Å². The average Bonchev–Trinajstić information content (AvgIpc) is 2.36. The Balaban J connectivity index is 1.73. The van der Waals surface area contributed by atoms with Gasteiger partial charge in [0.2, 0.25) is 0 Å². The molecule has 2 fully saturated rings. The van der Waals surface area contributed by atoms with Crippen LogP contribution in [0.1, 0.15) is 39.5 Å². The molecule has 2 aliphatic heterocycles.